The van der Waals surface area contributed by atoms with Gasteiger partial charge in [0, 0.05) is 0 Å². The molecule has 2 aliphatic rings. The molecule has 0 aromatic heterocycles. The van der Waals surface area contributed by atoms with Crippen molar-refractivity contribution in [2.75, 3.05) is 13.2 Å². The van der Waals surface area contributed by atoms with Crippen LogP contribution in [0.3, 0.4) is 0 Å². The minimum absolute atomic E-state index is 0.667. The van der Waals surface area contributed by atoms with Gasteiger partial charge in [0.2, 0.25) is 0 Å². The van der Waals surface area contributed by atoms with Crippen LogP contribution in [-0.4, -0.2) is 115 Å². The number of hydrogen-bond acceptors (Lipinski definition) is 11. The molecule has 0 aromatic rings. The summed E-state index contributed by atoms with van der Waals surface area (Å²) in [5.74, 6) is 0. The molecule has 2 heterocycles. The van der Waals surface area contributed by atoms with E-state index >= 15 is 0 Å². The monoisotopic (exact) mass is 342 g/mol. The maximum atomic E-state index is 10.00. The topological polar surface area (TPSA) is 190 Å². The standard InChI is InChI=1S/C12H22O11/c13-1-3-5(15)7(17)8(18)12(22-3)23-10-6(16)4(2-14)21-11(20)9(10)19/h3-20H,1-2H2/t3?,4?,5?,6?,7-,8+,9+,10-,11?,12?/m1/s1. The van der Waals surface area contributed by atoms with E-state index in [9.17, 15) is 30.6 Å². The molecule has 0 bridgehead atoms. The highest BCUT2D eigenvalue weighted by molar-refractivity contribution is 4.93. The molecule has 11 nitrogen and oxygen atoms in total. The van der Waals surface area contributed by atoms with Crippen LogP contribution in [0.5, 0.6) is 0 Å². The molecular formula is C12H22O11. The van der Waals surface area contributed by atoms with E-state index in [4.69, 9.17) is 24.4 Å². The molecule has 0 amide bonds. The van der Waals surface area contributed by atoms with Crippen LogP contribution in [0, 0.1) is 0 Å². The fourth-order valence-corrected chi connectivity index (χ4v) is 2.56. The van der Waals surface area contributed by atoms with Crippen molar-refractivity contribution in [1.29, 1.82) is 0 Å². The van der Waals surface area contributed by atoms with Crippen LogP contribution in [0.4, 0.5) is 0 Å². The summed E-state index contributed by atoms with van der Waals surface area (Å²) in [6, 6.07) is 0. The van der Waals surface area contributed by atoms with Gasteiger partial charge in [-0.25, -0.2) is 0 Å². The summed E-state index contributed by atoms with van der Waals surface area (Å²) in [4.78, 5) is 0. The first-order valence-corrected chi connectivity index (χ1v) is 7.08. The van der Waals surface area contributed by atoms with E-state index in [-0.39, 0.29) is 0 Å². The lowest BCUT2D eigenvalue weighted by Crippen LogP contribution is -2.64. The SMILES string of the molecule is OCC1OC(O[C@@H]2C(O)C(CO)OC(O)[C@H]2O)[C@@H](O)[C@H](O)C1O. The van der Waals surface area contributed by atoms with Crippen molar-refractivity contribution >= 4 is 0 Å². The van der Waals surface area contributed by atoms with E-state index in [1.807, 2.05) is 0 Å². The third kappa shape index (κ3) is 3.65. The van der Waals surface area contributed by atoms with Gasteiger partial charge in [0.05, 0.1) is 13.2 Å². The second-order valence-electron chi connectivity index (χ2n) is 5.53. The Balaban J connectivity index is 2.11. The zero-order chi connectivity index (χ0) is 17.3. The summed E-state index contributed by atoms with van der Waals surface area (Å²) in [5, 5.41) is 76.8. The van der Waals surface area contributed by atoms with Crippen LogP contribution >= 0.6 is 0 Å². The quantitative estimate of drug-likeness (QED) is 0.243. The highest BCUT2D eigenvalue weighted by Crippen LogP contribution is 2.28. The van der Waals surface area contributed by atoms with Crippen molar-refractivity contribution < 1.29 is 55.1 Å². The fourth-order valence-electron chi connectivity index (χ4n) is 2.56. The maximum absolute atomic E-state index is 10.00. The first-order chi connectivity index (χ1) is 10.8. The molecule has 6 unspecified atom stereocenters. The second-order valence-corrected chi connectivity index (χ2v) is 5.53. The van der Waals surface area contributed by atoms with Crippen molar-refractivity contribution in [3.05, 3.63) is 0 Å². The smallest absolute Gasteiger partial charge is 0.187 e. The van der Waals surface area contributed by atoms with E-state index in [2.05, 4.69) is 0 Å². The molecule has 2 fully saturated rings. The van der Waals surface area contributed by atoms with Crippen molar-refractivity contribution in [3.63, 3.8) is 0 Å². The van der Waals surface area contributed by atoms with Gasteiger partial charge in [0.15, 0.2) is 12.6 Å². The largest absolute Gasteiger partial charge is 0.394 e. The minimum Gasteiger partial charge on any atom is -0.394 e. The zero-order valence-corrected chi connectivity index (χ0v) is 12.0. The molecule has 0 aliphatic carbocycles. The van der Waals surface area contributed by atoms with Gasteiger partial charge >= 0.3 is 0 Å². The summed E-state index contributed by atoms with van der Waals surface area (Å²) < 4.78 is 15.1. The molecule has 0 spiro atoms. The average molecular weight is 342 g/mol. The third-order valence-corrected chi connectivity index (χ3v) is 3.98. The summed E-state index contributed by atoms with van der Waals surface area (Å²) in [5.41, 5.74) is 0. The number of rotatable bonds is 4. The summed E-state index contributed by atoms with van der Waals surface area (Å²) >= 11 is 0. The molecule has 2 rings (SSSR count). The molecule has 0 saturated carbocycles. The number of ether oxygens (including phenoxy) is 3. The molecule has 11 heteroatoms. The fraction of sp³-hybridized carbons (Fsp3) is 1.00. The van der Waals surface area contributed by atoms with E-state index in [0.29, 0.717) is 0 Å². The summed E-state index contributed by atoms with van der Waals surface area (Å²) in [6.07, 6.45) is -15.7. The normalized spacial score (nSPS) is 51.7. The predicted molar refractivity (Wildman–Crippen MR) is 68.6 cm³/mol. The highest BCUT2D eigenvalue weighted by Gasteiger charge is 2.50. The lowest BCUT2D eigenvalue weighted by molar-refractivity contribution is -0.355. The molecule has 0 radical (unpaired) electrons. The zero-order valence-electron chi connectivity index (χ0n) is 12.0. The Morgan fingerprint density at radius 2 is 1.22 bits per heavy atom. The molecule has 8 N–H and O–H groups in total. The van der Waals surface area contributed by atoms with Gasteiger partial charge in [0.25, 0.3) is 0 Å². The van der Waals surface area contributed by atoms with Gasteiger partial charge in [-0.05, 0) is 0 Å². The van der Waals surface area contributed by atoms with Crippen molar-refractivity contribution in [3.8, 4) is 0 Å². The van der Waals surface area contributed by atoms with Crippen LogP contribution in [-0.2, 0) is 14.2 Å². The third-order valence-electron chi connectivity index (χ3n) is 3.98. The van der Waals surface area contributed by atoms with Crippen molar-refractivity contribution in [2.45, 2.75) is 61.4 Å². The number of aliphatic hydroxyl groups excluding tert-OH is 8. The van der Waals surface area contributed by atoms with Gasteiger partial charge in [-0.1, -0.05) is 0 Å². The number of aliphatic hydroxyl groups is 8. The predicted octanol–water partition coefficient (Wildman–Crippen LogP) is -5.40. The lowest BCUT2D eigenvalue weighted by Gasteiger charge is -2.45. The molecule has 136 valence electrons. The molecule has 10 atom stereocenters. The van der Waals surface area contributed by atoms with E-state index in [1.54, 1.807) is 0 Å². The van der Waals surface area contributed by atoms with Gasteiger partial charge < -0.3 is 55.1 Å². The van der Waals surface area contributed by atoms with Crippen LogP contribution in [0.1, 0.15) is 0 Å². The van der Waals surface area contributed by atoms with Crippen molar-refractivity contribution in [2.24, 2.45) is 0 Å². The average Bonchev–Trinajstić information content (AvgIpc) is 2.54. The number of hydrogen-bond donors (Lipinski definition) is 8. The molecule has 23 heavy (non-hydrogen) atoms. The van der Waals surface area contributed by atoms with Crippen LogP contribution in [0.25, 0.3) is 0 Å². The maximum Gasteiger partial charge on any atom is 0.187 e. The Kier molecular flexibility index (Phi) is 6.27. The van der Waals surface area contributed by atoms with Gasteiger partial charge in [-0.15, -0.1) is 0 Å². The van der Waals surface area contributed by atoms with Gasteiger partial charge in [-0.2, -0.15) is 0 Å². The Labute approximate surface area is 130 Å². The first kappa shape index (κ1) is 18.9. The molecule has 0 aromatic carbocycles. The molecule has 2 saturated heterocycles. The van der Waals surface area contributed by atoms with Crippen LogP contribution in [0.2, 0.25) is 0 Å². The Bertz CT molecular complexity index is 380. The molecular weight excluding hydrogens is 320 g/mol. The Morgan fingerprint density at radius 3 is 1.78 bits per heavy atom. The highest BCUT2D eigenvalue weighted by atomic mass is 16.7. The van der Waals surface area contributed by atoms with E-state index in [0.717, 1.165) is 0 Å². The van der Waals surface area contributed by atoms with Crippen molar-refractivity contribution in [1.82, 2.24) is 0 Å². The second kappa shape index (κ2) is 7.63. The lowest BCUT2D eigenvalue weighted by atomic mass is 9.97. The van der Waals surface area contributed by atoms with Gasteiger partial charge in [0.1, 0.15) is 48.8 Å². The van der Waals surface area contributed by atoms with E-state index < -0.39 is 74.6 Å². The van der Waals surface area contributed by atoms with Crippen LogP contribution in [0.15, 0.2) is 0 Å². The van der Waals surface area contributed by atoms with E-state index in [1.165, 1.54) is 0 Å². The summed E-state index contributed by atoms with van der Waals surface area (Å²) in [6.45, 7) is -1.34. The van der Waals surface area contributed by atoms with Gasteiger partial charge in [-0.3, -0.25) is 0 Å². The Morgan fingerprint density at radius 1 is 0.652 bits per heavy atom. The molecule has 2 aliphatic heterocycles. The summed E-state index contributed by atoms with van der Waals surface area (Å²) in [7, 11) is 0. The Hall–Kier alpha value is -0.440. The van der Waals surface area contributed by atoms with Crippen LogP contribution < -0.4 is 0 Å². The minimum atomic E-state index is -1.76. The first-order valence-electron chi connectivity index (χ1n) is 7.08.